The third-order valence-electron chi connectivity index (χ3n) is 3.46. The van der Waals surface area contributed by atoms with Crippen LogP contribution in [0.4, 0.5) is 4.79 Å². The van der Waals surface area contributed by atoms with Crippen LogP contribution in [0.1, 0.15) is 55.4 Å². The first-order valence-corrected chi connectivity index (χ1v) is 6.51. The summed E-state index contributed by atoms with van der Waals surface area (Å²) in [5.41, 5.74) is 0.188. The molecule has 0 radical (unpaired) electrons. The number of carbonyl (C=O) groups excluding carboxylic acids is 1. The number of rotatable bonds is 0. The zero-order valence-corrected chi connectivity index (χ0v) is 13.2. The molecule has 1 saturated heterocycles. The summed E-state index contributed by atoms with van der Waals surface area (Å²) in [6.07, 6.45) is -0.336. The van der Waals surface area contributed by atoms with Gasteiger partial charge in [-0.3, -0.25) is 4.90 Å². The first-order chi connectivity index (χ1) is 8.35. The van der Waals surface area contributed by atoms with Crippen molar-refractivity contribution in [2.75, 3.05) is 0 Å². The van der Waals surface area contributed by atoms with Gasteiger partial charge in [-0.2, -0.15) is 5.26 Å². The molecular weight excluding hydrogens is 240 g/mol. The molecule has 0 saturated carbocycles. The highest BCUT2D eigenvalue weighted by Gasteiger charge is 2.60. The number of carbonyl (C=O) groups is 1. The molecule has 1 amide bonds. The summed E-state index contributed by atoms with van der Waals surface area (Å²) in [5.74, 6) is 0. The van der Waals surface area contributed by atoms with E-state index in [0.717, 1.165) is 5.57 Å². The van der Waals surface area contributed by atoms with E-state index < -0.39 is 16.7 Å². The zero-order valence-electron chi connectivity index (χ0n) is 13.2. The van der Waals surface area contributed by atoms with Crippen molar-refractivity contribution in [2.45, 2.75) is 72.1 Å². The number of hydrogen-bond donors (Lipinski definition) is 0. The van der Waals surface area contributed by atoms with E-state index in [-0.39, 0.29) is 6.09 Å². The molecule has 0 unspecified atom stereocenters. The first kappa shape index (κ1) is 15.6. The molecule has 1 fully saturated rings. The number of ether oxygens (including phenoxy) is 1. The van der Waals surface area contributed by atoms with Crippen molar-refractivity contribution in [1.82, 2.24) is 4.90 Å². The van der Waals surface area contributed by atoms with Gasteiger partial charge in [0.1, 0.15) is 5.60 Å². The molecule has 0 aromatic heterocycles. The van der Waals surface area contributed by atoms with Crippen molar-refractivity contribution in [3.05, 3.63) is 11.1 Å². The van der Waals surface area contributed by atoms with Gasteiger partial charge in [0.25, 0.3) is 0 Å². The molecule has 0 N–H and O–H groups in total. The molecule has 0 aromatic rings. The van der Waals surface area contributed by atoms with Crippen LogP contribution in [0.3, 0.4) is 0 Å². The number of amides is 1. The van der Waals surface area contributed by atoms with Gasteiger partial charge in [0, 0.05) is 5.57 Å². The van der Waals surface area contributed by atoms with Gasteiger partial charge in [-0.15, -0.1) is 0 Å². The van der Waals surface area contributed by atoms with E-state index in [9.17, 15) is 4.79 Å². The van der Waals surface area contributed by atoms with Gasteiger partial charge >= 0.3 is 6.09 Å². The number of nitrogens with zero attached hydrogens (tertiary/aromatic N) is 2. The van der Waals surface area contributed by atoms with Gasteiger partial charge in [-0.1, -0.05) is 0 Å². The quantitative estimate of drug-likeness (QED) is 0.628. The second-order valence-corrected chi connectivity index (χ2v) is 7.05. The Morgan fingerprint density at radius 3 is 1.95 bits per heavy atom. The van der Waals surface area contributed by atoms with Crippen molar-refractivity contribution >= 4 is 6.09 Å². The van der Waals surface area contributed by atoms with Crippen LogP contribution >= 0.6 is 0 Å². The van der Waals surface area contributed by atoms with Crippen LogP contribution in [-0.4, -0.2) is 27.7 Å². The van der Waals surface area contributed by atoms with Gasteiger partial charge in [0.15, 0.2) is 0 Å². The molecule has 4 nitrogen and oxygen atoms in total. The van der Waals surface area contributed by atoms with Crippen molar-refractivity contribution in [3.63, 3.8) is 0 Å². The van der Waals surface area contributed by atoms with E-state index in [1.165, 1.54) is 0 Å². The maximum Gasteiger partial charge on any atom is 0.411 e. The SMILES string of the molecule is CC(C#N)=C1C(C)(C)N(C(=O)OC(C)(C)C)C1(C)C. The third-order valence-corrected chi connectivity index (χ3v) is 3.46. The fourth-order valence-corrected chi connectivity index (χ4v) is 3.36. The Balaban J connectivity index is 3.15. The highest BCUT2D eigenvalue weighted by atomic mass is 16.6. The molecule has 1 aliphatic heterocycles. The largest absolute Gasteiger partial charge is 0.444 e. The van der Waals surface area contributed by atoms with Gasteiger partial charge in [0.2, 0.25) is 0 Å². The number of nitriles is 1. The Morgan fingerprint density at radius 2 is 1.63 bits per heavy atom. The fourth-order valence-electron chi connectivity index (χ4n) is 3.36. The minimum Gasteiger partial charge on any atom is -0.444 e. The van der Waals surface area contributed by atoms with E-state index in [1.54, 1.807) is 11.8 Å². The summed E-state index contributed by atoms with van der Waals surface area (Å²) in [4.78, 5) is 14.0. The maximum atomic E-state index is 12.3. The molecule has 19 heavy (non-hydrogen) atoms. The summed E-state index contributed by atoms with van der Waals surface area (Å²) >= 11 is 0. The number of allylic oxidation sites excluding steroid dienone is 1. The predicted octanol–water partition coefficient (Wildman–Crippen LogP) is 3.63. The lowest BCUT2D eigenvalue weighted by Gasteiger charge is -2.62. The van der Waals surface area contributed by atoms with E-state index >= 15 is 0 Å². The Bertz CT molecular complexity index is 455. The van der Waals surface area contributed by atoms with Crippen LogP contribution in [0.15, 0.2) is 11.1 Å². The molecule has 0 bridgehead atoms. The molecule has 106 valence electrons. The summed E-state index contributed by atoms with van der Waals surface area (Å²) < 4.78 is 5.46. The highest BCUT2D eigenvalue weighted by molar-refractivity contribution is 5.76. The van der Waals surface area contributed by atoms with E-state index in [4.69, 9.17) is 10.00 Å². The van der Waals surface area contributed by atoms with Crippen molar-refractivity contribution < 1.29 is 9.53 Å². The van der Waals surface area contributed by atoms with E-state index in [2.05, 4.69) is 6.07 Å². The third kappa shape index (κ3) is 2.47. The molecule has 0 aromatic carbocycles. The average Bonchev–Trinajstić information content (AvgIpc) is 2.11. The Kier molecular flexibility index (Phi) is 3.49. The molecule has 0 spiro atoms. The summed E-state index contributed by atoms with van der Waals surface area (Å²) in [6.45, 7) is 15.1. The predicted molar refractivity (Wildman–Crippen MR) is 74.5 cm³/mol. The molecule has 1 rings (SSSR count). The van der Waals surface area contributed by atoms with Gasteiger partial charge < -0.3 is 4.74 Å². The second-order valence-electron chi connectivity index (χ2n) is 7.05. The summed E-state index contributed by atoms with van der Waals surface area (Å²) in [5, 5.41) is 9.10. The van der Waals surface area contributed by atoms with Gasteiger partial charge in [-0.25, -0.2) is 4.79 Å². The molecule has 0 atom stereocenters. The van der Waals surface area contributed by atoms with Crippen LogP contribution in [0.25, 0.3) is 0 Å². The fraction of sp³-hybridized carbons (Fsp3) is 0.733. The number of likely N-dealkylation sites (tertiary alicyclic amines) is 1. The molecule has 0 aliphatic carbocycles. The summed E-state index contributed by atoms with van der Waals surface area (Å²) in [6, 6.07) is 2.19. The minimum atomic E-state index is -0.521. The smallest absolute Gasteiger partial charge is 0.411 e. The zero-order chi connectivity index (χ0) is 15.2. The highest BCUT2D eigenvalue weighted by Crippen LogP contribution is 2.51. The molecular formula is C15H24N2O2. The minimum absolute atomic E-state index is 0.336. The van der Waals surface area contributed by atoms with Gasteiger partial charge in [-0.05, 0) is 61.0 Å². The Morgan fingerprint density at radius 1 is 1.21 bits per heavy atom. The van der Waals surface area contributed by atoms with E-state index in [1.807, 2.05) is 48.5 Å². The Labute approximate surface area is 116 Å². The van der Waals surface area contributed by atoms with Crippen LogP contribution in [0.2, 0.25) is 0 Å². The molecule has 1 aliphatic rings. The average molecular weight is 264 g/mol. The van der Waals surface area contributed by atoms with Crippen LogP contribution in [-0.2, 0) is 4.74 Å². The monoisotopic (exact) mass is 264 g/mol. The molecule has 1 heterocycles. The topological polar surface area (TPSA) is 53.3 Å². The van der Waals surface area contributed by atoms with Crippen molar-refractivity contribution in [3.8, 4) is 6.07 Å². The first-order valence-electron chi connectivity index (χ1n) is 6.51. The maximum absolute atomic E-state index is 12.3. The summed E-state index contributed by atoms with van der Waals surface area (Å²) in [7, 11) is 0. The Hall–Kier alpha value is -1.50. The normalized spacial score (nSPS) is 20.4. The van der Waals surface area contributed by atoms with E-state index in [0.29, 0.717) is 5.57 Å². The van der Waals surface area contributed by atoms with Crippen molar-refractivity contribution in [1.29, 1.82) is 5.26 Å². The van der Waals surface area contributed by atoms with Crippen molar-refractivity contribution in [2.24, 2.45) is 0 Å². The van der Waals surface area contributed by atoms with Crippen LogP contribution in [0.5, 0.6) is 0 Å². The lowest BCUT2D eigenvalue weighted by molar-refractivity contribution is -0.0560. The lowest BCUT2D eigenvalue weighted by atomic mass is 9.66. The molecule has 4 heteroatoms. The van der Waals surface area contributed by atoms with Crippen LogP contribution < -0.4 is 0 Å². The standard InChI is InChI=1S/C15H24N2O2/c1-10(9-16)11-14(5,6)17(15(11,7)8)12(18)19-13(2,3)4/h1-8H3. The number of hydrogen-bond acceptors (Lipinski definition) is 3. The lowest BCUT2D eigenvalue weighted by Crippen LogP contribution is -2.73. The van der Waals surface area contributed by atoms with Crippen LogP contribution in [0, 0.1) is 11.3 Å². The second kappa shape index (κ2) is 4.26. The van der Waals surface area contributed by atoms with Gasteiger partial charge in [0.05, 0.1) is 17.1 Å².